The third-order valence-corrected chi connectivity index (χ3v) is 4.07. The van der Waals surface area contributed by atoms with Crippen molar-refractivity contribution in [2.24, 2.45) is 0 Å². The highest BCUT2D eigenvalue weighted by Crippen LogP contribution is 2.22. The number of aryl methyl sites for hydroxylation is 3. The fraction of sp³-hybridized carbons (Fsp3) is 0.316. The molecule has 26 heavy (non-hydrogen) atoms. The Morgan fingerprint density at radius 2 is 1.85 bits per heavy atom. The van der Waals surface area contributed by atoms with E-state index >= 15 is 0 Å². The van der Waals surface area contributed by atoms with Gasteiger partial charge in [0.25, 0.3) is 0 Å². The van der Waals surface area contributed by atoms with Crippen molar-refractivity contribution in [3.8, 4) is 17.1 Å². The van der Waals surface area contributed by atoms with Crippen LogP contribution in [-0.2, 0) is 6.54 Å². The zero-order valence-corrected chi connectivity index (χ0v) is 15.0. The summed E-state index contributed by atoms with van der Waals surface area (Å²) in [5, 5.41) is 22.3. The smallest absolute Gasteiger partial charge is 0.204 e. The molecule has 0 unspecified atom stereocenters. The van der Waals surface area contributed by atoms with Gasteiger partial charge in [0, 0.05) is 5.56 Å². The Balaban J connectivity index is 1.62. The molecular formula is C19H21FN4O2. The van der Waals surface area contributed by atoms with Crippen LogP contribution in [0.15, 0.2) is 36.4 Å². The topological polar surface area (TPSA) is 73.1 Å². The molecule has 0 aliphatic carbocycles. The summed E-state index contributed by atoms with van der Waals surface area (Å²) >= 11 is 0. The Kier molecular flexibility index (Phi) is 5.27. The Hall–Kier alpha value is -2.80. The minimum atomic E-state index is -0.786. The van der Waals surface area contributed by atoms with Crippen LogP contribution in [0.1, 0.15) is 16.7 Å². The fourth-order valence-corrected chi connectivity index (χ4v) is 2.67. The highest BCUT2D eigenvalue weighted by Gasteiger charge is 2.13. The van der Waals surface area contributed by atoms with Gasteiger partial charge in [-0.1, -0.05) is 18.2 Å². The van der Waals surface area contributed by atoms with Gasteiger partial charge in [0.1, 0.15) is 24.3 Å². The summed E-state index contributed by atoms with van der Waals surface area (Å²) in [5.74, 6) is 0.886. The Morgan fingerprint density at radius 3 is 2.54 bits per heavy atom. The van der Waals surface area contributed by atoms with Crippen LogP contribution in [0.4, 0.5) is 4.39 Å². The number of halogens is 1. The lowest BCUT2D eigenvalue weighted by Crippen LogP contribution is -2.25. The van der Waals surface area contributed by atoms with Gasteiger partial charge in [-0.3, -0.25) is 0 Å². The fourth-order valence-electron chi connectivity index (χ4n) is 2.67. The zero-order valence-electron chi connectivity index (χ0n) is 15.0. The molecule has 0 radical (unpaired) electrons. The van der Waals surface area contributed by atoms with Crippen LogP contribution >= 0.6 is 0 Å². The summed E-state index contributed by atoms with van der Waals surface area (Å²) in [6.07, 6.45) is -0.786. The second kappa shape index (κ2) is 7.61. The third kappa shape index (κ3) is 4.05. The summed E-state index contributed by atoms with van der Waals surface area (Å²) < 4.78 is 19.1. The average Bonchev–Trinajstić information content (AvgIpc) is 3.05. The molecule has 1 heterocycles. The molecule has 136 valence electrons. The Morgan fingerprint density at radius 1 is 1.12 bits per heavy atom. The number of para-hydroxylation sites is 1. The number of aliphatic hydroxyl groups is 1. The molecule has 6 nitrogen and oxygen atoms in total. The first-order valence-corrected chi connectivity index (χ1v) is 8.35. The van der Waals surface area contributed by atoms with Gasteiger partial charge >= 0.3 is 0 Å². The first-order chi connectivity index (χ1) is 12.4. The van der Waals surface area contributed by atoms with E-state index in [4.69, 9.17) is 4.74 Å². The van der Waals surface area contributed by atoms with Crippen molar-refractivity contribution in [3.63, 3.8) is 0 Å². The summed E-state index contributed by atoms with van der Waals surface area (Å²) in [4.78, 5) is 1.31. The van der Waals surface area contributed by atoms with Crippen molar-refractivity contribution < 1.29 is 14.2 Å². The van der Waals surface area contributed by atoms with Gasteiger partial charge in [-0.25, -0.2) is 4.39 Å². The number of ether oxygens (including phenoxy) is 1. The van der Waals surface area contributed by atoms with Gasteiger partial charge in [-0.2, -0.15) is 4.80 Å². The normalized spacial score (nSPS) is 12.2. The van der Waals surface area contributed by atoms with E-state index in [1.807, 2.05) is 32.0 Å². The monoisotopic (exact) mass is 356 g/mol. The number of nitrogens with zero attached hydrogens (tertiary/aromatic N) is 4. The van der Waals surface area contributed by atoms with E-state index in [-0.39, 0.29) is 19.0 Å². The van der Waals surface area contributed by atoms with Gasteiger partial charge in [0.2, 0.25) is 5.82 Å². The molecule has 1 aromatic heterocycles. The maximum atomic E-state index is 13.4. The van der Waals surface area contributed by atoms with E-state index in [2.05, 4.69) is 15.4 Å². The van der Waals surface area contributed by atoms with Gasteiger partial charge in [-0.15, -0.1) is 10.2 Å². The van der Waals surface area contributed by atoms with Crippen molar-refractivity contribution >= 4 is 0 Å². The minimum absolute atomic E-state index is 0.123. The SMILES string of the molecule is Cc1cc(-c2nnn(C[C@H](O)COc3c(C)cccc3C)n2)ccc1F. The molecule has 3 rings (SSSR count). The molecular weight excluding hydrogens is 335 g/mol. The molecule has 1 N–H and O–H groups in total. The lowest BCUT2D eigenvalue weighted by molar-refractivity contribution is 0.0844. The number of aliphatic hydroxyl groups excluding tert-OH is 1. The van der Waals surface area contributed by atoms with Gasteiger partial charge in [-0.05, 0) is 60.9 Å². The molecule has 0 aliphatic rings. The van der Waals surface area contributed by atoms with Crippen LogP contribution in [0.25, 0.3) is 11.4 Å². The van der Waals surface area contributed by atoms with Crippen molar-refractivity contribution in [3.05, 3.63) is 58.9 Å². The third-order valence-electron chi connectivity index (χ3n) is 4.07. The minimum Gasteiger partial charge on any atom is -0.490 e. The zero-order chi connectivity index (χ0) is 18.7. The van der Waals surface area contributed by atoms with Crippen molar-refractivity contribution in [2.45, 2.75) is 33.4 Å². The van der Waals surface area contributed by atoms with Crippen molar-refractivity contribution in [1.29, 1.82) is 0 Å². The van der Waals surface area contributed by atoms with Crippen LogP contribution < -0.4 is 4.74 Å². The van der Waals surface area contributed by atoms with Crippen molar-refractivity contribution in [2.75, 3.05) is 6.61 Å². The number of rotatable bonds is 6. The van der Waals surface area contributed by atoms with E-state index in [9.17, 15) is 9.50 Å². The second-order valence-corrected chi connectivity index (χ2v) is 6.32. The standard InChI is InChI=1S/C19H21FN4O2/c1-12-5-4-6-13(2)18(12)26-11-16(25)10-24-22-19(21-23-24)15-7-8-17(20)14(3)9-15/h4-9,16,25H,10-11H2,1-3H3/t16-/m0/s1. The molecule has 0 amide bonds. The first kappa shape index (κ1) is 18.0. The van der Waals surface area contributed by atoms with E-state index < -0.39 is 6.10 Å². The molecule has 7 heteroatoms. The lowest BCUT2D eigenvalue weighted by atomic mass is 10.1. The van der Waals surface area contributed by atoms with E-state index in [0.717, 1.165) is 16.9 Å². The number of tetrazole rings is 1. The van der Waals surface area contributed by atoms with Crippen LogP contribution in [0.2, 0.25) is 0 Å². The Bertz CT molecular complexity index is 890. The van der Waals surface area contributed by atoms with Crippen LogP contribution in [-0.4, -0.2) is 38.0 Å². The number of hydrogen-bond acceptors (Lipinski definition) is 5. The molecule has 0 saturated heterocycles. The molecule has 1 atom stereocenters. The van der Waals surface area contributed by atoms with Gasteiger partial charge in [0.05, 0.1) is 6.54 Å². The lowest BCUT2D eigenvalue weighted by Gasteiger charge is -2.15. The number of benzene rings is 2. The predicted octanol–water partition coefficient (Wildman–Crippen LogP) is 2.84. The average molecular weight is 356 g/mol. The summed E-state index contributed by atoms with van der Waals surface area (Å²) in [7, 11) is 0. The molecule has 0 fully saturated rings. The first-order valence-electron chi connectivity index (χ1n) is 8.35. The molecule has 2 aromatic carbocycles. The van der Waals surface area contributed by atoms with E-state index in [1.165, 1.54) is 10.9 Å². The van der Waals surface area contributed by atoms with Crippen LogP contribution in [0.3, 0.4) is 0 Å². The quantitative estimate of drug-likeness (QED) is 0.735. The molecule has 0 spiro atoms. The highest BCUT2D eigenvalue weighted by molar-refractivity contribution is 5.55. The number of aromatic nitrogens is 4. The summed E-state index contributed by atoms with van der Waals surface area (Å²) in [6, 6.07) is 10.5. The van der Waals surface area contributed by atoms with Gasteiger partial charge < -0.3 is 9.84 Å². The van der Waals surface area contributed by atoms with Crippen LogP contribution in [0.5, 0.6) is 5.75 Å². The van der Waals surface area contributed by atoms with Crippen molar-refractivity contribution in [1.82, 2.24) is 20.2 Å². The maximum absolute atomic E-state index is 13.4. The summed E-state index contributed by atoms with van der Waals surface area (Å²) in [5.41, 5.74) is 3.23. The second-order valence-electron chi connectivity index (χ2n) is 6.32. The predicted molar refractivity (Wildman–Crippen MR) is 95.4 cm³/mol. The molecule has 0 bridgehead atoms. The highest BCUT2D eigenvalue weighted by atomic mass is 19.1. The molecule has 3 aromatic rings. The largest absolute Gasteiger partial charge is 0.490 e. The summed E-state index contributed by atoms with van der Waals surface area (Å²) in [6.45, 7) is 5.88. The number of hydrogen-bond donors (Lipinski definition) is 1. The van der Waals surface area contributed by atoms with E-state index in [0.29, 0.717) is 17.0 Å². The van der Waals surface area contributed by atoms with Gasteiger partial charge in [0.15, 0.2) is 0 Å². The maximum Gasteiger partial charge on any atom is 0.204 e. The Labute approximate surface area is 151 Å². The molecule has 0 aliphatic heterocycles. The van der Waals surface area contributed by atoms with E-state index in [1.54, 1.807) is 19.1 Å². The molecule has 0 saturated carbocycles. The van der Waals surface area contributed by atoms with Crippen LogP contribution in [0, 0.1) is 26.6 Å².